The Morgan fingerprint density at radius 2 is 1.68 bits per heavy atom. The standard InChI is InChI=1S/C12H11F6NO2S/c13-11(14,15)7-21-6-5-19-10(20)8-1-3-9(4-2-8)22-12(16,17)18/h1-4H,5-7H2,(H,19,20). The molecule has 0 aliphatic rings. The van der Waals surface area contributed by atoms with E-state index in [1.807, 2.05) is 0 Å². The SMILES string of the molecule is O=C(NCCOCC(F)(F)F)c1ccc(SC(F)(F)F)cc1. The van der Waals surface area contributed by atoms with Gasteiger partial charge in [-0.3, -0.25) is 4.79 Å². The molecule has 0 atom stereocenters. The van der Waals surface area contributed by atoms with E-state index in [9.17, 15) is 31.1 Å². The Balaban J connectivity index is 2.37. The van der Waals surface area contributed by atoms with E-state index in [1.54, 1.807) is 0 Å². The molecule has 0 fully saturated rings. The number of carbonyl (C=O) groups excluding carboxylic acids is 1. The van der Waals surface area contributed by atoms with Gasteiger partial charge in [-0.2, -0.15) is 26.3 Å². The minimum atomic E-state index is -4.43. The van der Waals surface area contributed by atoms with Crippen LogP contribution < -0.4 is 5.32 Å². The van der Waals surface area contributed by atoms with Crippen LogP contribution in [0.15, 0.2) is 29.2 Å². The molecule has 0 spiro atoms. The highest BCUT2D eigenvalue weighted by atomic mass is 32.2. The van der Waals surface area contributed by atoms with Crippen LogP contribution in [0.3, 0.4) is 0 Å². The predicted octanol–water partition coefficient (Wildman–Crippen LogP) is 3.61. The fourth-order valence-electron chi connectivity index (χ4n) is 1.33. The smallest absolute Gasteiger partial charge is 0.370 e. The summed E-state index contributed by atoms with van der Waals surface area (Å²) in [5.41, 5.74) is -4.32. The number of ether oxygens (including phenoxy) is 1. The van der Waals surface area contributed by atoms with Crippen LogP contribution in [0.4, 0.5) is 26.3 Å². The minimum Gasteiger partial charge on any atom is -0.370 e. The van der Waals surface area contributed by atoms with Gasteiger partial charge in [0.05, 0.1) is 6.61 Å². The molecule has 1 rings (SSSR count). The monoisotopic (exact) mass is 347 g/mol. The van der Waals surface area contributed by atoms with Gasteiger partial charge in [-0.25, -0.2) is 0 Å². The maximum Gasteiger partial charge on any atom is 0.446 e. The van der Waals surface area contributed by atoms with Gasteiger partial charge in [-0.1, -0.05) is 0 Å². The van der Waals surface area contributed by atoms with Gasteiger partial charge in [0.15, 0.2) is 0 Å². The lowest BCUT2D eigenvalue weighted by atomic mass is 10.2. The average Bonchev–Trinajstić information content (AvgIpc) is 2.35. The molecule has 1 aromatic carbocycles. The van der Waals surface area contributed by atoms with Crippen molar-refractivity contribution < 1.29 is 35.9 Å². The summed E-state index contributed by atoms with van der Waals surface area (Å²) in [5, 5.41) is 2.29. The van der Waals surface area contributed by atoms with E-state index in [4.69, 9.17) is 0 Å². The van der Waals surface area contributed by atoms with Crippen molar-refractivity contribution in [1.82, 2.24) is 5.32 Å². The first-order valence-corrected chi connectivity index (χ1v) is 6.67. The van der Waals surface area contributed by atoms with Crippen LogP contribution in [0.25, 0.3) is 0 Å². The maximum atomic E-state index is 12.1. The number of rotatable bonds is 6. The van der Waals surface area contributed by atoms with Crippen LogP contribution in [0, 0.1) is 0 Å². The van der Waals surface area contributed by atoms with Crippen molar-refractivity contribution >= 4 is 17.7 Å². The molecule has 0 aliphatic heterocycles. The summed E-state index contributed by atoms with van der Waals surface area (Å²) in [6.45, 7) is -1.88. The quantitative estimate of drug-likeness (QED) is 0.485. The first-order valence-electron chi connectivity index (χ1n) is 5.85. The molecule has 0 radical (unpaired) electrons. The average molecular weight is 347 g/mol. The number of alkyl halides is 6. The molecule has 0 bridgehead atoms. The Bertz CT molecular complexity index is 486. The molecule has 0 aromatic heterocycles. The van der Waals surface area contributed by atoms with Gasteiger partial charge in [-0.15, -0.1) is 0 Å². The van der Waals surface area contributed by atoms with E-state index in [1.165, 1.54) is 12.1 Å². The fourth-order valence-corrected chi connectivity index (χ4v) is 1.87. The highest BCUT2D eigenvalue weighted by Gasteiger charge is 2.29. The highest BCUT2D eigenvalue weighted by molar-refractivity contribution is 8.00. The molecule has 1 amide bonds. The topological polar surface area (TPSA) is 38.3 Å². The van der Waals surface area contributed by atoms with Crippen molar-refractivity contribution in [3.05, 3.63) is 29.8 Å². The van der Waals surface area contributed by atoms with Crippen molar-refractivity contribution in [2.45, 2.75) is 16.6 Å². The molecule has 1 N–H and O–H groups in total. The lowest BCUT2D eigenvalue weighted by Crippen LogP contribution is -2.28. The zero-order chi connectivity index (χ0) is 16.8. The highest BCUT2D eigenvalue weighted by Crippen LogP contribution is 2.36. The first-order chi connectivity index (χ1) is 10.1. The molecule has 22 heavy (non-hydrogen) atoms. The number of carbonyl (C=O) groups is 1. The van der Waals surface area contributed by atoms with Crippen LogP contribution in [0.5, 0.6) is 0 Å². The number of hydrogen-bond donors (Lipinski definition) is 1. The largest absolute Gasteiger partial charge is 0.446 e. The number of halogens is 6. The van der Waals surface area contributed by atoms with Crippen molar-refractivity contribution in [3.8, 4) is 0 Å². The first kappa shape index (κ1) is 18.6. The summed E-state index contributed by atoms with van der Waals surface area (Å²) >= 11 is -0.310. The zero-order valence-electron chi connectivity index (χ0n) is 10.9. The van der Waals surface area contributed by atoms with E-state index in [-0.39, 0.29) is 35.4 Å². The minimum absolute atomic E-state index is 0.0717. The molecule has 124 valence electrons. The summed E-state index contributed by atoms with van der Waals surface area (Å²) in [4.78, 5) is 11.5. The van der Waals surface area contributed by atoms with Crippen molar-refractivity contribution in [2.24, 2.45) is 0 Å². The van der Waals surface area contributed by atoms with Gasteiger partial charge < -0.3 is 10.1 Å². The Hall–Kier alpha value is -1.42. The second kappa shape index (κ2) is 7.73. The van der Waals surface area contributed by atoms with E-state index in [2.05, 4.69) is 10.1 Å². The van der Waals surface area contributed by atoms with E-state index >= 15 is 0 Å². The maximum absolute atomic E-state index is 12.1. The van der Waals surface area contributed by atoms with Crippen molar-refractivity contribution in [3.63, 3.8) is 0 Å². The van der Waals surface area contributed by atoms with Gasteiger partial charge >= 0.3 is 11.7 Å². The third kappa shape index (κ3) is 8.13. The number of benzene rings is 1. The number of thioether (sulfide) groups is 1. The Morgan fingerprint density at radius 1 is 1.09 bits per heavy atom. The number of amides is 1. The van der Waals surface area contributed by atoms with Crippen molar-refractivity contribution in [2.75, 3.05) is 19.8 Å². The molecule has 10 heteroatoms. The Morgan fingerprint density at radius 3 is 2.18 bits per heavy atom. The third-order valence-electron chi connectivity index (χ3n) is 2.15. The third-order valence-corrected chi connectivity index (χ3v) is 2.89. The molecule has 0 heterocycles. The predicted molar refractivity (Wildman–Crippen MR) is 67.6 cm³/mol. The summed E-state index contributed by atoms with van der Waals surface area (Å²) in [6.07, 6.45) is -4.43. The zero-order valence-corrected chi connectivity index (χ0v) is 11.7. The van der Waals surface area contributed by atoms with Crippen LogP contribution in [-0.2, 0) is 4.74 Å². The number of nitrogens with one attached hydrogen (secondary N) is 1. The van der Waals surface area contributed by atoms with E-state index in [0.29, 0.717) is 0 Å². The Labute approximate surface area is 126 Å². The van der Waals surface area contributed by atoms with Crippen LogP contribution in [0.2, 0.25) is 0 Å². The second-order valence-electron chi connectivity index (χ2n) is 4.00. The van der Waals surface area contributed by atoms with Crippen LogP contribution in [-0.4, -0.2) is 37.4 Å². The van der Waals surface area contributed by atoms with Gasteiger partial charge in [-0.05, 0) is 36.0 Å². The van der Waals surface area contributed by atoms with Gasteiger partial charge in [0, 0.05) is 17.0 Å². The number of hydrogen-bond acceptors (Lipinski definition) is 3. The second-order valence-corrected chi connectivity index (χ2v) is 5.13. The van der Waals surface area contributed by atoms with Crippen molar-refractivity contribution in [1.29, 1.82) is 0 Å². The van der Waals surface area contributed by atoms with Gasteiger partial charge in [0.2, 0.25) is 0 Å². The summed E-state index contributed by atoms with van der Waals surface area (Å²) in [7, 11) is 0. The van der Waals surface area contributed by atoms with Gasteiger partial charge in [0.25, 0.3) is 5.91 Å². The van der Waals surface area contributed by atoms with E-state index in [0.717, 1.165) is 12.1 Å². The summed E-state index contributed by atoms with van der Waals surface area (Å²) < 4.78 is 75.9. The normalized spacial score (nSPS) is 12.3. The molecule has 0 aliphatic carbocycles. The molecule has 0 saturated heterocycles. The van der Waals surface area contributed by atoms with Gasteiger partial charge in [0.1, 0.15) is 6.61 Å². The molecule has 0 unspecified atom stereocenters. The lowest BCUT2D eigenvalue weighted by Gasteiger charge is -2.09. The van der Waals surface area contributed by atoms with Crippen LogP contribution in [0.1, 0.15) is 10.4 Å². The molecule has 1 aromatic rings. The molecule has 0 saturated carbocycles. The van der Waals surface area contributed by atoms with E-state index < -0.39 is 24.2 Å². The summed E-state index contributed by atoms with van der Waals surface area (Å²) in [6, 6.07) is 4.65. The fraction of sp³-hybridized carbons (Fsp3) is 0.417. The molecule has 3 nitrogen and oxygen atoms in total. The van der Waals surface area contributed by atoms with Crippen LogP contribution >= 0.6 is 11.8 Å². The lowest BCUT2D eigenvalue weighted by molar-refractivity contribution is -0.173. The molecular formula is C12H11F6NO2S. The summed E-state index contributed by atoms with van der Waals surface area (Å²) in [5.74, 6) is -0.612. The molecular weight excluding hydrogens is 336 g/mol. The Kier molecular flexibility index (Phi) is 6.54.